The van der Waals surface area contributed by atoms with Crippen LogP contribution in [0, 0.1) is 6.92 Å². The molecular weight excluding hydrogens is 318 g/mol. The lowest BCUT2D eigenvalue weighted by Gasteiger charge is -2.11. The highest BCUT2D eigenvalue weighted by molar-refractivity contribution is 5.93. The number of ether oxygens (including phenoxy) is 1. The molecule has 0 aromatic carbocycles. The van der Waals surface area contributed by atoms with Crippen molar-refractivity contribution in [1.29, 1.82) is 0 Å². The Morgan fingerprint density at radius 2 is 2.08 bits per heavy atom. The van der Waals surface area contributed by atoms with Crippen LogP contribution >= 0.6 is 0 Å². The van der Waals surface area contributed by atoms with Crippen molar-refractivity contribution in [3.8, 4) is 17.3 Å². The Bertz CT molecular complexity index is 844. The van der Waals surface area contributed by atoms with Crippen LogP contribution in [0.1, 0.15) is 16.1 Å². The van der Waals surface area contributed by atoms with Crippen molar-refractivity contribution in [2.75, 3.05) is 13.7 Å². The van der Waals surface area contributed by atoms with Crippen LogP contribution in [0.4, 0.5) is 0 Å². The molecule has 7 heteroatoms. The minimum absolute atomic E-state index is 0.171. The molecule has 25 heavy (non-hydrogen) atoms. The molecule has 0 bridgehead atoms. The molecular formula is C18H19N5O2. The van der Waals surface area contributed by atoms with Crippen LogP contribution in [0.3, 0.4) is 0 Å². The third kappa shape index (κ3) is 3.82. The first-order chi connectivity index (χ1) is 12.2. The van der Waals surface area contributed by atoms with Gasteiger partial charge in [-0.15, -0.1) is 0 Å². The number of nitrogens with one attached hydrogen (secondary N) is 1. The van der Waals surface area contributed by atoms with Gasteiger partial charge in [-0.3, -0.25) is 9.78 Å². The lowest BCUT2D eigenvalue weighted by atomic mass is 10.2. The third-order valence-electron chi connectivity index (χ3n) is 3.80. The van der Waals surface area contributed by atoms with E-state index in [1.165, 1.54) is 13.3 Å². The van der Waals surface area contributed by atoms with Crippen molar-refractivity contribution in [3.63, 3.8) is 0 Å². The van der Waals surface area contributed by atoms with Gasteiger partial charge in [0.2, 0.25) is 5.88 Å². The summed E-state index contributed by atoms with van der Waals surface area (Å²) >= 11 is 0. The van der Waals surface area contributed by atoms with Crippen LogP contribution < -0.4 is 10.1 Å². The average Bonchev–Trinajstić information content (AvgIpc) is 3.03. The largest absolute Gasteiger partial charge is 0.481 e. The van der Waals surface area contributed by atoms with Gasteiger partial charge in [0, 0.05) is 55.2 Å². The molecule has 0 atom stereocenters. The fourth-order valence-electron chi connectivity index (χ4n) is 2.49. The van der Waals surface area contributed by atoms with Crippen LogP contribution in [0.5, 0.6) is 5.88 Å². The highest BCUT2D eigenvalue weighted by atomic mass is 16.5. The Kier molecular flexibility index (Phi) is 5.03. The Morgan fingerprint density at radius 3 is 2.76 bits per heavy atom. The number of methoxy groups -OCH3 is 1. The van der Waals surface area contributed by atoms with Crippen LogP contribution in [0.2, 0.25) is 0 Å². The molecule has 0 fully saturated rings. The van der Waals surface area contributed by atoms with Gasteiger partial charge in [-0.1, -0.05) is 0 Å². The van der Waals surface area contributed by atoms with Gasteiger partial charge in [-0.25, -0.2) is 9.97 Å². The smallest absolute Gasteiger partial charge is 0.252 e. The van der Waals surface area contributed by atoms with Crippen LogP contribution in [-0.4, -0.2) is 39.1 Å². The van der Waals surface area contributed by atoms with E-state index in [1.807, 2.05) is 25.3 Å². The summed E-state index contributed by atoms with van der Waals surface area (Å²) in [6, 6.07) is 7.19. The fourth-order valence-corrected chi connectivity index (χ4v) is 2.49. The number of rotatable bonds is 6. The van der Waals surface area contributed by atoms with Gasteiger partial charge in [0.05, 0.1) is 12.7 Å². The number of nitrogens with zero attached hydrogens (tertiary/aromatic N) is 4. The molecule has 3 aromatic rings. The standard InChI is InChI=1S/C18H19N5O2/c1-13-10-22-17(14-4-3-7-19-11-14)23(13)9-8-20-18(24)15-5-6-16(25-2)21-12-15/h3-7,10-12H,8-9H2,1-2H3,(H,20,24). The van der Waals surface area contributed by atoms with Crippen molar-refractivity contribution in [3.05, 3.63) is 60.3 Å². The number of carbonyl (C=O) groups is 1. The van der Waals surface area contributed by atoms with Crippen molar-refractivity contribution >= 4 is 5.91 Å². The van der Waals surface area contributed by atoms with E-state index in [-0.39, 0.29) is 5.91 Å². The summed E-state index contributed by atoms with van der Waals surface area (Å²) in [6.07, 6.45) is 6.82. The topological polar surface area (TPSA) is 81.9 Å². The SMILES string of the molecule is COc1ccc(C(=O)NCCn2c(C)cnc2-c2cccnc2)cn1. The summed E-state index contributed by atoms with van der Waals surface area (Å²) in [7, 11) is 1.54. The van der Waals surface area contributed by atoms with Gasteiger partial charge < -0.3 is 14.6 Å². The average molecular weight is 337 g/mol. The first-order valence-electron chi connectivity index (χ1n) is 7.90. The zero-order valence-electron chi connectivity index (χ0n) is 14.1. The van der Waals surface area contributed by atoms with Crippen LogP contribution in [-0.2, 0) is 6.54 Å². The molecule has 128 valence electrons. The number of imidazole rings is 1. The van der Waals surface area contributed by atoms with E-state index in [4.69, 9.17) is 4.74 Å². The molecule has 0 aliphatic rings. The molecule has 0 spiro atoms. The fraction of sp³-hybridized carbons (Fsp3) is 0.222. The Balaban J connectivity index is 1.64. The Morgan fingerprint density at radius 1 is 1.20 bits per heavy atom. The third-order valence-corrected chi connectivity index (χ3v) is 3.80. The number of pyridine rings is 2. The minimum atomic E-state index is -0.171. The molecule has 0 saturated heterocycles. The molecule has 3 heterocycles. The summed E-state index contributed by atoms with van der Waals surface area (Å²) in [5.74, 6) is 1.15. The van der Waals surface area contributed by atoms with Crippen molar-refractivity contribution in [1.82, 2.24) is 24.8 Å². The normalized spacial score (nSPS) is 10.5. The first kappa shape index (κ1) is 16.6. The number of aromatic nitrogens is 4. The van der Waals surface area contributed by atoms with Gasteiger partial charge in [0.25, 0.3) is 5.91 Å². The zero-order chi connectivity index (χ0) is 17.6. The van der Waals surface area contributed by atoms with Crippen LogP contribution in [0.25, 0.3) is 11.4 Å². The van der Waals surface area contributed by atoms with E-state index < -0.39 is 0 Å². The van der Waals surface area contributed by atoms with E-state index in [1.54, 1.807) is 24.5 Å². The van der Waals surface area contributed by atoms with Crippen LogP contribution in [0.15, 0.2) is 49.1 Å². The lowest BCUT2D eigenvalue weighted by Crippen LogP contribution is -2.27. The minimum Gasteiger partial charge on any atom is -0.481 e. The summed E-state index contributed by atoms with van der Waals surface area (Å²) < 4.78 is 7.05. The van der Waals surface area contributed by atoms with Crippen molar-refractivity contribution in [2.45, 2.75) is 13.5 Å². The number of hydrogen-bond donors (Lipinski definition) is 1. The van der Waals surface area contributed by atoms with Gasteiger partial charge in [-0.2, -0.15) is 0 Å². The lowest BCUT2D eigenvalue weighted by molar-refractivity contribution is 0.0952. The second kappa shape index (κ2) is 7.57. The maximum Gasteiger partial charge on any atom is 0.252 e. The number of carbonyl (C=O) groups excluding carboxylic acids is 1. The second-order valence-corrected chi connectivity index (χ2v) is 5.46. The van der Waals surface area contributed by atoms with E-state index in [9.17, 15) is 4.79 Å². The Hall–Kier alpha value is -3.22. The summed E-state index contributed by atoms with van der Waals surface area (Å²) in [4.78, 5) is 24.8. The number of amides is 1. The summed E-state index contributed by atoms with van der Waals surface area (Å²) in [5.41, 5.74) is 2.47. The van der Waals surface area contributed by atoms with Crippen molar-refractivity contribution in [2.24, 2.45) is 0 Å². The molecule has 0 aliphatic heterocycles. The number of hydrogen-bond acceptors (Lipinski definition) is 5. The predicted octanol–water partition coefficient (Wildman–Crippen LogP) is 2.09. The molecule has 3 rings (SSSR count). The van der Waals surface area contributed by atoms with E-state index in [2.05, 4.69) is 24.8 Å². The molecule has 0 aliphatic carbocycles. The highest BCUT2D eigenvalue weighted by Crippen LogP contribution is 2.18. The van der Waals surface area contributed by atoms with E-state index >= 15 is 0 Å². The van der Waals surface area contributed by atoms with Gasteiger partial charge >= 0.3 is 0 Å². The second-order valence-electron chi connectivity index (χ2n) is 5.46. The van der Waals surface area contributed by atoms with Gasteiger partial charge in [0.1, 0.15) is 5.82 Å². The molecule has 1 amide bonds. The Labute approximate surface area is 145 Å². The monoisotopic (exact) mass is 337 g/mol. The maximum atomic E-state index is 12.2. The van der Waals surface area contributed by atoms with Gasteiger partial charge in [0.15, 0.2) is 0 Å². The van der Waals surface area contributed by atoms with Crippen molar-refractivity contribution < 1.29 is 9.53 Å². The molecule has 0 radical (unpaired) electrons. The molecule has 1 N–H and O–H groups in total. The number of aryl methyl sites for hydroxylation is 1. The highest BCUT2D eigenvalue weighted by Gasteiger charge is 2.10. The maximum absolute atomic E-state index is 12.2. The zero-order valence-corrected chi connectivity index (χ0v) is 14.1. The summed E-state index contributed by atoms with van der Waals surface area (Å²) in [5, 5.41) is 2.90. The molecule has 0 saturated carbocycles. The molecule has 7 nitrogen and oxygen atoms in total. The van der Waals surface area contributed by atoms with E-state index in [0.717, 1.165) is 17.1 Å². The summed E-state index contributed by atoms with van der Waals surface area (Å²) in [6.45, 7) is 3.09. The molecule has 3 aromatic heterocycles. The molecule has 0 unspecified atom stereocenters. The first-order valence-corrected chi connectivity index (χ1v) is 7.90. The van der Waals surface area contributed by atoms with Gasteiger partial charge in [-0.05, 0) is 25.1 Å². The van der Waals surface area contributed by atoms with E-state index in [0.29, 0.717) is 24.5 Å². The predicted molar refractivity (Wildman–Crippen MR) is 93.3 cm³/mol. The quantitative estimate of drug-likeness (QED) is 0.745.